The van der Waals surface area contributed by atoms with Gasteiger partial charge >= 0.3 is 0 Å². The Morgan fingerprint density at radius 3 is 2.73 bits per heavy atom. The number of amides is 1. The molecule has 1 N–H and O–H groups in total. The van der Waals surface area contributed by atoms with Crippen molar-refractivity contribution in [2.24, 2.45) is 0 Å². The average molecular weight is 351 g/mol. The molecule has 3 aromatic rings. The Labute approximate surface area is 154 Å². The Balaban J connectivity index is 1.97. The molecule has 0 aliphatic heterocycles. The van der Waals surface area contributed by atoms with Crippen molar-refractivity contribution in [3.05, 3.63) is 59.5 Å². The average Bonchev–Trinajstić information content (AvgIpc) is 3.28. The first-order chi connectivity index (χ1) is 12.6. The van der Waals surface area contributed by atoms with Gasteiger partial charge in [-0.3, -0.25) is 4.79 Å². The fraction of sp³-hybridized carbons (Fsp3) is 0.333. The zero-order valence-corrected chi connectivity index (χ0v) is 15.6. The number of aryl methyl sites for hydroxylation is 2. The number of aromatic nitrogens is 2. The quantitative estimate of drug-likeness (QED) is 0.629. The van der Waals surface area contributed by atoms with E-state index in [4.69, 9.17) is 4.42 Å². The van der Waals surface area contributed by atoms with Gasteiger partial charge in [0.25, 0.3) is 5.91 Å². The lowest BCUT2D eigenvalue weighted by Gasteiger charge is -2.11. The topological polar surface area (TPSA) is 60.1 Å². The largest absolute Gasteiger partial charge is 0.463 e. The molecule has 0 saturated carbocycles. The Hall–Kier alpha value is -2.82. The van der Waals surface area contributed by atoms with Crippen LogP contribution in [-0.2, 0) is 0 Å². The summed E-state index contributed by atoms with van der Waals surface area (Å²) in [5, 5.41) is 7.64. The molecule has 136 valence electrons. The molecule has 26 heavy (non-hydrogen) atoms. The van der Waals surface area contributed by atoms with Gasteiger partial charge in [-0.05, 0) is 44.0 Å². The summed E-state index contributed by atoms with van der Waals surface area (Å²) < 4.78 is 7.17. The van der Waals surface area contributed by atoms with Crippen LogP contribution in [0.25, 0.3) is 17.1 Å². The van der Waals surface area contributed by atoms with Crippen molar-refractivity contribution in [3.63, 3.8) is 0 Å². The minimum Gasteiger partial charge on any atom is -0.463 e. The highest BCUT2D eigenvalue weighted by Crippen LogP contribution is 2.24. The van der Waals surface area contributed by atoms with E-state index in [9.17, 15) is 4.79 Å². The molecule has 0 aliphatic rings. The van der Waals surface area contributed by atoms with E-state index in [1.807, 2.05) is 31.2 Å². The first-order valence-electron chi connectivity index (χ1n) is 9.10. The standard InChI is InChI=1S/C21H25N3O2/c1-4-5-6-11-22-21(25)19-14-17(20-8-7-12-26-20)23-24(19)18-10-9-15(2)13-16(18)3/h7-10,12-14H,4-6,11H2,1-3H3,(H,22,25). The van der Waals surface area contributed by atoms with Gasteiger partial charge in [0.2, 0.25) is 0 Å². The van der Waals surface area contributed by atoms with Crippen molar-refractivity contribution < 1.29 is 9.21 Å². The van der Waals surface area contributed by atoms with Gasteiger partial charge in [0.15, 0.2) is 5.76 Å². The number of unbranched alkanes of at least 4 members (excludes halogenated alkanes) is 2. The number of hydrogen-bond acceptors (Lipinski definition) is 3. The van der Waals surface area contributed by atoms with E-state index in [0.717, 1.165) is 30.5 Å². The lowest BCUT2D eigenvalue weighted by atomic mass is 10.1. The number of hydrogen-bond donors (Lipinski definition) is 1. The molecule has 1 amide bonds. The van der Waals surface area contributed by atoms with Gasteiger partial charge in [-0.15, -0.1) is 0 Å². The Morgan fingerprint density at radius 1 is 1.19 bits per heavy atom. The van der Waals surface area contributed by atoms with Crippen LogP contribution < -0.4 is 5.32 Å². The minimum absolute atomic E-state index is 0.119. The summed E-state index contributed by atoms with van der Waals surface area (Å²) in [4.78, 5) is 12.8. The number of nitrogens with zero attached hydrogens (tertiary/aromatic N) is 2. The van der Waals surface area contributed by atoms with E-state index < -0.39 is 0 Å². The summed E-state index contributed by atoms with van der Waals surface area (Å²) in [5.74, 6) is 0.528. The van der Waals surface area contributed by atoms with Gasteiger partial charge in [0.05, 0.1) is 12.0 Å². The van der Waals surface area contributed by atoms with Crippen LogP contribution in [0.2, 0.25) is 0 Å². The molecule has 0 unspecified atom stereocenters. The van der Waals surface area contributed by atoms with E-state index in [0.29, 0.717) is 23.7 Å². The summed E-state index contributed by atoms with van der Waals surface area (Å²) in [7, 11) is 0. The summed E-state index contributed by atoms with van der Waals surface area (Å²) in [6.07, 6.45) is 4.81. The molecule has 0 fully saturated rings. The SMILES string of the molecule is CCCCCNC(=O)c1cc(-c2ccco2)nn1-c1ccc(C)cc1C. The monoisotopic (exact) mass is 351 g/mol. The maximum absolute atomic E-state index is 12.8. The van der Waals surface area contributed by atoms with Crippen molar-refractivity contribution >= 4 is 5.91 Å². The molecule has 5 heteroatoms. The maximum atomic E-state index is 12.8. The van der Waals surface area contributed by atoms with Crippen molar-refractivity contribution in [1.29, 1.82) is 0 Å². The van der Waals surface area contributed by atoms with Gasteiger partial charge in [-0.1, -0.05) is 37.5 Å². The summed E-state index contributed by atoms with van der Waals surface area (Å²) in [6.45, 7) is 6.89. The third-order valence-electron chi connectivity index (χ3n) is 4.36. The van der Waals surface area contributed by atoms with Gasteiger partial charge in [0.1, 0.15) is 11.4 Å². The highest BCUT2D eigenvalue weighted by Gasteiger charge is 2.19. The molecule has 3 rings (SSSR count). The molecule has 5 nitrogen and oxygen atoms in total. The predicted octanol–water partition coefficient (Wildman–Crippen LogP) is 4.67. The fourth-order valence-electron chi connectivity index (χ4n) is 2.98. The number of carbonyl (C=O) groups excluding carboxylic acids is 1. The molecule has 0 saturated heterocycles. The number of benzene rings is 1. The molecule has 0 aliphatic carbocycles. The molecule has 0 bridgehead atoms. The Bertz CT molecular complexity index is 879. The second-order valence-corrected chi connectivity index (χ2v) is 6.56. The highest BCUT2D eigenvalue weighted by molar-refractivity contribution is 5.94. The molecule has 0 spiro atoms. The summed E-state index contributed by atoms with van der Waals surface area (Å²) in [5.41, 5.74) is 4.30. The lowest BCUT2D eigenvalue weighted by molar-refractivity contribution is 0.0945. The van der Waals surface area contributed by atoms with Crippen molar-refractivity contribution in [1.82, 2.24) is 15.1 Å². The van der Waals surface area contributed by atoms with E-state index in [1.54, 1.807) is 17.0 Å². The van der Waals surface area contributed by atoms with Crippen LogP contribution in [0.3, 0.4) is 0 Å². The van der Waals surface area contributed by atoms with Crippen molar-refractivity contribution in [2.75, 3.05) is 6.54 Å². The van der Waals surface area contributed by atoms with E-state index in [2.05, 4.69) is 30.3 Å². The van der Waals surface area contributed by atoms with Gasteiger partial charge in [-0.25, -0.2) is 4.68 Å². The zero-order valence-electron chi connectivity index (χ0n) is 15.6. The second kappa shape index (κ2) is 8.04. The van der Waals surface area contributed by atoms with Crippen LogP contribution in [0.1, 0.15) is 47.8 Å². The lowest BCUT2D eigenvalue weighted by Crippen LogP contribution is -2.27. The molecule has 2 aromatic heterocycles. The first-order valence-corrected chi connectivity index (χ1v) is 9.10. The van der Waals surface area contributed by atoms with Crippen LogP contribution in [0.5, 0.6) is 0 Å². The molecule has 2 heterocycles. The molecule has 0 atom stereocenters. The van der Waals surface area contributed by atoms with Crippen LogP contribution in [0.4, 0.5) is 0 Å². The number of furan rings is 1. The number of nitrogens with one attached hydrogen (secondary N) is 1. The smallest absolute Gasteiger partial charge is 0.270 e. The molecule has 1 aromatic carbocycles. The minimum atomic E-state index is -0.119. The third-order valence-corrected chi connectivity index (χ3v) is 4.36. The van der Waals surface area contributed by atoms with Gasteiger partial charge in [0, 0.05) is 12.6 Å². The first kappa shape index (κ1) is 18.0. The maximum Gasteiger partial charge on any atom is 0.270 e. The Morgan fingerprint density at radius 2 is 2.04 bits per heavy atom. The molecular formula is C21H25N3O2. The zero-order chi connectivity index (χ0) is 18.5. The van der Waals surface area contributed by atoms with Crippen molar-refractivity contribution in [3.8, 4) is 17.1 Å². The van der Waals surface area contributed by atoms with Crippen LogP contribution in [0.15, 0.2) is 47.1 Å². The summed E-state index contributed by atoms with van der Waals surface area (Å²) >= 11 is 0. The van der Waals surface area contributed by atoms with Crippen LogP contribution in [0, 0.1) is 13.8 Å². The van der Waals surface area contributed by atoms with Gasteiger partial charge < -0.3 is 9.73 Å². The highest BCUT2D eigenvalue weighted by atomic mass is 16.3. The van der Waals surface area contributed by atoms with E-state index >= 15 is 0 Å². The van der Waals surface area contributed by atoms with Crippen LogP contribution in [-0.4, -0.2) is 22.2 Å². The Kier molecular flexibility index (Phi) is 5.56. The molecule has 0 radical (unpaired) electrons. The third kappa shape index (κ3) is 3.87. The normalized spacial score (nSPS) is 10.9. The number of carbonyl (C=O) groups is 1. The van der Waals surface area contributed by atoms with Crippen molar-refractivity contribution in [2.45, 2.75) is 40.0 Å². The van der Waals surface area contributed by atoms with E-state index in [-0.39, 0.29) is 5.91 Å². The van der Waals surface area contributed by atoms with E-state index in [1.165, 1.54) is 5.56 Å². The number of rotatable bonds is 7. The second-order valence-electron chi connectivity index (χ2n) is 6.56. The van der Waals surface area contributed by atoms with Crippen LogP contribution >= 0.6 is 0 Å². The molecular weight excluding hydrogens is 326 g/mol. The predicted molar refractivity (Wildman–Crippen MR) is 103 cm³/mol. The summed E-state index contributed by atoms with van der Waals surface area (Å²) in [6, 6.07) is 11.6. The fourth-order valence-corrected chi connectivity index (χ4v) is 2.98. The van der Waals surface area contributed by atoms with Gasteiger partial charge in [-0.2, -0.15) is 5.10 Å².